The molecule has 3 nitrogen and oxygen atoms in total. The number of aryl methyl sites for hydroxylation is 2. The van der Waals surface area contributed by atoms with E-state index in [1.54, 1.807) is 0 Å². The molecule has 0 saturated carbocycles. The highest BCUT2D eigenvalue weighted by Gasteiger charge is 2.14. The summed E-state index contributed by atoms with van der Waals surface area (Å²) in [6.07, 6.45) is 6.50. The first kappa shape index (κ1) is 8.48. The molecule has 1 atom stereocenters. The summed E-state index contributed by atoms with van der Waals surface area (Å²) in [4.78, 5) is 15.0. The van der Waals surface area contributed by atoms with Gasteiger partial charge in [-0.05, 0) is 12.8 Å². The predicted octanol–water partition coefficient (Wildman–Crippen LogP) is 1.52. The summed E-state index contributed by atoms with van der Waals surface area (Å²) in [5.41, 5.74) is 0.923. The van der Waals surface area contributed by atoms with Crippen molar-refractivity contribution in [2.75, 3.05) is 0 Å². The van der Waals surface area contributed by atoms with E-state index < -0.39 is 0 Å². The van der Waals surface area contributed by atoms with Crippen molar-refractivity contribution >= 4 is 6.29 Å². The minimum Gasteiger partial charge on any atom is -0.335 e. The molecule has 2 heterocycles. The van der Waals surface area contributed by atoms with Gasteiger partial charge in [0.05, 0.1) is 11.6 Å². The molecule has 0 spiro atoms. The maximum Gasteiger partial charge on any atom is 0.128 e. The fraction of sp³-hybridized carbons (Fsp3) is 0.600. The van der Waals surface area contributed by atoms with Gasteiger partial charge in [0.2, 0.25) is 0 Å². The first-order valence-electron chi connectivity index (χ1n) is 4.82. The van der Waals surface area contributed by atoms with Crippen LogP contribution in [-0.4, -0.2) is 15.8 Å². The van der Waals surface area contributed by atoms with E-state index in [9.17, 15) is 4.79 Å². The molecule has 1 aliphatic rings. The summed E-state index contributed by atoms with van der Waals surface area (Å²) in [5.74, 6) is 1.09. The van der Waals surface area contributed by atoms with E-state index in [1.807, 2.05) is 13.1 Å². The van der Waals surface area contributed by atoms with E-state index in [2.05, 4.69) is 9.55 Å². The number of imidazole rings is 1. The smallest absolute Gasteiger partial charge is 0.128 e. The zero-order valence-electron chi connectivity index (χ0n) is 7.86. The Kier molecular flexibility index (Phi) is 2.17. The van der Waals surface area contributed by atoms with Gasteiger partial charge >= 0.3 is 0 Å². The molecule has 0 fully saturated rings. The summed E-state index contributed by atoms with van der Waals surface area (Å²) >= 11 is 0. The summed E-state index contributed by atoms with van der Waals surface area (Å²) in [6, 6.07) is 0. The molecule has 0 saturated heterocycles. The van der Waals surface area contributed by atoms with Crippen LogP contribution in [0, 0.1) is 0 Å². The minimum atomic E-state index is -0.0573. The van der Waals surface area contributed by atoms with Gasteiger partial charge in [-0.25, -0.2) is 4.98 Å². The van der Waals surface area contributed by atoms with Crippen LogP contribution in [0.25, 0.3) is 0 Å². The quantitative estimate of drug-likeness (QED) is 0.643. The van der Waals surface area contributed by atoms with Crippen LogP contribution in [0.2, 0.25) is 0 Å². The van der Waals surface area contributed by atoms with Crippen LogP contribution in [-0.2, 0) is 17.8 Å². The van der Waals surface area contributed by atoms with Crippen molar-refractivity contribution in [1.29, 1.82) is 0 Å². The summed E-state index contributed by atoms with van der Waals surface area (Å²) in [6.45, 7) is 2.95. The Morgan fingerprint density at radius 3 is 3.15 bits per heavy atom. The molecule has 13 heavy (non-hydrogen) atoms. The van der Waals surface area contributed by atoms with Gasteiger partial charge in [-0.1, -0.05) is 6.92 Å². The van der Waals surface area contributed by atoms with Crippen LogP contribution >= 0.6 is 0 Å². The van der Waals surface area contributed by atoms with Gasteiger partial charge in [-0.3, -0.25) is 0 Å². The van der Waals surface area contributed by atoms with Gasteiger partial charge in [0, 0.05) is 19.2 Å². The molecule has 1 aliphatic heterocycles. The van der Waals surface area contributed by atoms with Crippen molar-refractivity contribution in [2.24, 2.45) is 0 Å². The number of fused-ring (bicyclic) bond motifs is 1. The Hall–Kier alpha value is -1.12. The summed E-state index contributed by atoms with van der Waals surface area (Å²) in [7, 11) is 0. The lowest BCUT2D eigenvalue weighted by Gasteiger charge is -2.11. The molecule has 0 radical (unpaired) electrons. The van der Waals surface area contributed by atoms with Gasteiger partial charge in [0.25, 0.3) is 0 Å². The highest BCUT2D eigenvalue weighted by Crippen LogP contribution is 2.18. The fourth-order valence-electron chi connectivity index (χ4n) is 1.72. The van der Waals surface area contributed by atoms with Crippen molar-refractivity contribution in [2.45, 2.75) is 38.6 Å². The van der Waals surface area contributed by atoms with Crippen LogP contribution in [0.1, 0.15) is 37.2 Å². The van der Waals surface area contributed by atoms with Gasteiger partial charge in [-0.2, -0.15) is 0 Å². The lowest BCUT2D eigenvalue weighted by atomic mass is 10.1. The molecular formula is C10H14N2O. The van der Waals surface area contributed by atoms with Crippen molar-refractivity contribution in [3.63, 3.8) is 0 Å². The Balaban J connectivity index is 2.29. The topological polar surface area (TPSA) is 34.9 Å². The number of carbonyl (C=O) groups is 1. The van der Waals surface area contributed by atoms with Gasteiger partial charge < -0.3 is 9.36 Å². The molecule has 3 heteroatoms. The van der Waals surface area contributed by atoms with Gasteiger partial charge in [0.1, 0.15) is 12.1 Å². The summed E-state index contributed by atoms with van der Waals surface area (Å²) in [5, 5.41) is 0. The molecule has 0 aliphatic carbocycles. The minimum absolute atomic E-state index is 0.0573. The standard InChI is InChI=1S/C10H14N2O/c1-8(7-13)9-6-12-5-3-2-4-10(12)11-9/h6-8H,2-5H2,1H3. The summed E-state index contributed by atoms with van der Waals surface area (Å²) < 4.78 is 2.18. The van der Waals surface area contributed by atoms with Crippen molar-refractivity contribution in [1.82, 2.24) is 9.55 Å². The van der Waals surface area contributed by atoms with Gasteiger partial charge in [0.15, 0.2) is 0 Å². The Morgan fingerprint density at radius 2 is 2.46 bits per heavy atom. The number of carbonyl (C=O) groups excluding carboxylic acids is 1. The SMILES string of the molecule is CC(C=O)c1cn2c(n1)CCCC2. The Bertz CT molecular complexity index is 293. The second-order valence-electron chi connectivity index (χ2n) is 3.66. The van der Waals surface area contributed by atoms with E-state index >= 15 is 0 Å². The van der Waals surface area contributed by atoms with Crippen LogP contribution in [0.5, 0.6) is 0 Å². The van der Waals surface area contributed by atoms with Crippen LogP contribution < -0.4 is 0 Å². The molecule has 1 unspecified atom stereocenters. The molecule has 0 bridgehead atoms. The maximum atomic E-state index is 10.6. The fourth-order valence-corrected chi connectivity index (χ4v) is 1.72. The number of nitrogens with zero attached hydrogens (tertiary/aromatic N) is 2. The first-order chi connectivity index (χ1) is 6.31. The third kappa shape index (κ3) is 1.50. The van der Waals surface area contributed by atoms with E-state index in [1.165, 1.54) is 12.8 Å². The normalized spacial score (nSPS) is 17.9. The number of hydrogen-bond donors (Lipinski definition) is 0. The van der Waals surface area contributed by atoms with E-state index in [0.29, 0.717) is 0 Å². The highest BCUT2D eigenvalue weighted by molar-refractivity contribution is 5.59. The third-order valence-electron chi connectivity index (χ3n) is 2.60. The number of aromatic nitrogens is 2. The highest BCUT2D eigenvalue weighted by atomic mass is 16.1. The lowest BCUT2D eigenvalue weighted by Crippen LogP contribution is -2.08. The van der Waals surface area contributed by atoms with Gasteiger partial charge in [-0.15, -0.1) is 0 Å². The second-order valence-corrected chi connectivity index (χ2v) is 3.66. The largest absolute Gasteiger partial charge is 0.335 e. The predicted molar refractivity (Wildman–Crippen MR) is 49.6 cm³/mol. The third-order valence-corrected chi connectivity index (χ3v) is 2.60. The molecule has 2 rings (SSSR count). The molecular weight excluding hydrogens is 164 g/mol. The molecule has 0 aromatic carbocycles. The monoisotopic (exact) mass is 178 g/mol. The van der Waals surface area contributed by atoms with Crippen molar-refractivity contribution < 1.29 is 4.79 Å². The lowest BCUT2D eigenvalue weighted by molar-refractivity contribution is -0.108. The number of rotatable bonds is 2. The van der Waals surface area contributed by atoms with E-state index in [0.717, 1.165) is 30.8 Å². The van der Waals surface area contributed by atoms with Crippen molar-refractivity contribution in [3.8, 4) is 0 Å². The molecule has 1 aromatic heterocycles. The average Bonchev–Trinajstić information content (AvgIpc) is 2.59. The zero-order chi connectivity index (χ0) is 9.26. The molecule has 0 N–H and O–H groups in total. The molecule has 0 amide bonds. The maximum absolute atomic E-state index is 10.6. The van der Waals surface area contributed by atoms with Crippen LogP contribution in [0.4, 0.5) is 0 Å². The van der Waals surface area contributed by atoms with Crippen molar-refractivity contribution in [3.05, 3.63) is 17.7 Å². The zero-order valence-corrected chi connectivity index (χ0v) is 7.86. The average molecular weight is 178 g/mol. The van der Waals surface area contributed by atoms with E-state index in [4.69, 9.17) is 0 Å². The number of hydrogen-bond acceptors (Lipinski definition) is 2. The van der Waals surface area contributed by atoms with E-state index in [-0.39, 0.29) is 5.92 Å². The first-order valence-corrected chi connectivity index (χ1v) is 4.82. The molecule has 70 valence electrons. The number of aldehydes is 1. The Labute approximate surface area is 77.8 Å². The van der Waals surface area contributed by atoms with Crippen LogP contribution in [0.3, 0.4) is 0 Å². The second kappa shape index (κ2) is 3.32. The Morgan fingerprint density at radius 1 is 1.62 bits per heavy atom. The van der Waals surface area contributed by atoms with Crippen LogP contribution in [0.15, 0.2) is 6.20 Å². The molecule has 1 aromatic rings.